The van der Waals surface area contributed by atoms with Gasteiger partial charge >= 0.3 is 0 Å². The fourth-order valence-electron chi connectivity index (χ4n) is 2.79. The first-order valence-corrected chi connectivity index (χ1v) is 6.27. The molecule has 1 aliphatic carbocycles. The maximum absolute atomic E-state index is 5.77. The summed E-state index contributed by atoms with van der Waals surface area (Å²) in [6.45, 7) is 6.31. The Bertz CT molecular complexity index is 352. The first kappa shape index (κ1) is 11.5. The molecule has 0 saturated carbocycles. The number of rotatable bonds is 3. The lowest BCUT2D eigenvalue weighted by molar-refractivity contribution is 0.349. The van der Waals surface area contributed by atoms with E-state index in [1.165, 1.54) is 11.3 Å². The van der Waals surface area contributed by atoms with Crippen LogP contribution >= 0.6 is 0 Å². The number of allylic oxidation sites excluding steroid dienone is 5. The van der Waals surface area contributed by atoms with Crippen LogP contribution in [-0.4, -0.2) is 13.1 Å². The maximum Gasteiger partial charge on any atom is 0.0376 e. The van der Waals surface area contributed by atoms with Crippen LogP contribution in [0.4, 0.5) is 0 Å². The summed E-state index contributed by atoms with van der Waals surface area (Å²) in [6.07, 6.45) is 11.2. The zero-order valence-corrected chi connectivity index (χ0v) is 10.3. The summed E-state index contributed by atoms with van der Waals surface area (Å²) in [6, 6.07) is 0. The van der Waals surface area contributed by atoms with Gasteiger partial charge in [0.15, 0.2) is 0 Å². The van der Waals surface area contributed by atoms with Crippen LogP contribution in [0, 0.1) is 11.3 Å². The van der Waals surface area contributed by atoms with Crippen molar-refractivity contribution >= 4 is 0 Å². The van der Waals surface area contributed by atoms with Crippen molar-refractivity contribution in [3.05, 3.63) is 35.6 Å². The minimum atomic E-state index is 0.265. The summed E-state index contributed by atoms with van der Waals surface area (Å²) in [5, 5.41) is 3.53. The van der Waals surface area contributed by atoms with Gasteiger partial charge in [0.2, 0.25) is 0 Å². The Balaban J connectivity index is 2.37. The molecular weight excluding hydrogens is 196 g/mol. The topological polar surface area (TPSA) is 38.0 Å². The Kier molecular flexibility index (Phi) is 3.20. The van der Waals surface area contributed by atoms with E-state index >= 15 is 0 Å². The van der Waals surface area contributed by atoms with Crippen molar-refractivity contribution in [3.8, 4) is 0 Å². The third-order valence-electron chi connectivity index (χ3n) is 3.89. The number of hydrogen-bond donors (Lipinski definition) is 2. The quantitative estimate of drug-likeness (QED) is 0.763. The van der Waals surface area contributed by atoms with Crippen LogP contribution < -0.4 is 11.1 Å². The monoisotopic (exact) mass is 218 g/mol. The van der Waals surface area contributed by atoms with Crippen LogP contribution in [0.1, 0.15) is 26.7 Å². The molecule has 0 radical (unpaired) electrons. The van der Waals surface area contributed by atoms with Crippen LogP contribution in [0.2, 0.25) is 0 Å². The highest BCUT2D eigenvalue weighted by molar-refractivity contribution is 5.45. The highest BCUT2D eigenvalue weighted by Crippen LogP contribution is 2.43. The van der Waals surface area contributed by atoms with Crippen molar-refractivity contribution in [2.24, 2.45) is 17.1 Å². The molecule has 2 unspecified atom stereocenters. The predicted octanol–water partition coefficient (Wildman–Crippen LogP) is 2.35. The summed E-state index contributed by atoms with van der Waals surface area (Å²) in [4.78, 5) is 0. The van der Waals surface area contributed by atoms with Crippen LogP contribution in [0.15, 0.2) is 35.6 Å². The van der Waals surface area contributed by atoms with Crippen molar-refractivity contribution in [1.29, 1.82) is 0 Å². The second kappa shape index (κ2) is 4.46. The van der Waals surface area contributed by atoms with Gasteiger partial charge in [0.1, 0.15) is 0 Å². The molecule has 0 bridgehead atoms. The first-order valence-electron chi connectivity index (χ1n) is 6.27. The highest BCUT2D eigenvalue weighted by atomic mass is 15.0. The van der Waals surface area contributed by atoms with Gasteiger partial charge in [-0.1, -0.05) is 32.1 Å². The van der Waals surface area contributed by atoms with E-state index in [4.69, 9.17) is 5.73 Å². The Morgan fingerprint density at radius 2 is 2.38 bits per heavy atom. The summed E-state index contributed by atoms with van der Waals surface area (Å²) in [5.74, 6) is 0.521. The molecule has 0 aromatic carbocycles. The number of fused-ring (bicyclic) bond motifs is 1. The molecule has 2 nitrogen and oxygen atoms in total. The Morgan fingerprint density at radius 1 is 1.56 bits per heavy atom. The van der Waals surface area contributed by atoms with E-state index in [0.29, 0.717) is 5.92 Å². The van der Waals surface area contributed by atoms with Gasteiger partial charge in [-0.25, -0.2) is 0 Å². The smallest absolute Gasteiger partial charge is 0.0376 e. The molecule has 2 aliphatic rings. The SMILES string of the molecule is CCC1(CCN)CNC2=CC=CC(C)C=C21. The largest absolute Gasteiger partial charge is 0.384 e. The van der Waals surface area contributed by atoms with Gasteiger partial charge < -0.3 is 11.1 Å². The molecule has 2 atom stereocenters. The lowest BCUT2D eigenvalue weighted by Gasteiger charge is -2.28. The zero-order valence-electron chi connectivity index (χ0n) is 10.3. The van der Waals surface area contributed by atoms with Crippen molar-refractivity contribution in [2.45, 2.75) is 26.7 Å². The van der Waals surface area contributed by atoms with Gasteiger partial charge in [-0.05, 0) is 37.0 Å². The van der Waals surface area contributed by atoms with Gasteiger partial charge in [0, 0.05) is 17.7 Å². The van der Waals surface area contributed by atoms with Crippen molar-refractivity contribution < 1.29 is 0 Å². The third kappa shape index (κ3) is 1.82. The van der Waals surface area contributed by atoms with E-state index < -0.39 is 0 Å². The minimum Gasteiger partial charge on any atom is -0.384 e. The molecule has 2 heteroatoms. The second-order valence-electron chi connectivity index (χ2n) is 4.93. The zero-order chi connectivity index (χ0) is 11.6. The Labute approximate surface area is 98.3 Å². The first-order chi connectivity index (χ1) is 7.72. The van der Waals surface area contributed by atoms with Gasteiger partial charge in [-0.2, -0.15) is 0 Å². The molecule has 0 aromatic rings. The molecule has 0 amide bonds. The van der Waals surface area contributed by atoms with Gasteiger partial charge in [-0.3, -0.25) is 0 Å². The maximum atomic E-state index is 5.77. The van der Waals surface area contributed by atoms with E-state index in [9.17, 15) is 0 Å². The fourth-order valence-corrected chi connectivity index (χ4v) is 2.79. The van der Waals surface area contributed by atoms with E-state index in [1.54, 1.807) is 0 Å². The minimum absolute atomic E-state index is 0.265. The van der Waals surface area contributed by atoms with Crippen LogP contribution in [0.3, 0.4) is 0 Å². The highest BCUT2D eigenvalue weighted by Gasteiger charge is 2.39. The lowest BCUT2D eigenvalue weighted by atomic mass is 9.75. The summed E-state index contributed by atoms with van der Waals surface area (Å²) >= 11 is 0. The summed E-state index contributed by atoms with van der Waals surface area (Å²) < 4.78 is 0. The van der Waals surface area contributed by atoms with Crippen molar-refractivity contribution in [3.63, 3.8) is 0 Å². The van der Waals surface area contributed by atoms with Crippen molar-refractivity contribution in [2.75, 3.05) is 13.1 Å². The molecule has 1 heterocycles. The average molecular weight is 218 g/mol. The molecule has 1 saturated heterocycles. The summed E-state index contributed by atoms with van der Waals surface area (Å²) in [5.41, 5.74) is 8.83. The number of nitrogens with one attached hydrogen (secondary N) is 1. The third-order valence-corrected chi connectivity index (χ3v) is 3.89. The molecule has 88 valence electrons. The Hall–Kier alpha value is -1.02. The lowest BCUT2D eigenvalue weighted by Crippen LogP contribution is -2.27. The van der Waals surface area contributed by atoms with E-state index in [-0.39, 0.29) is 5.41 Å². The molecule has 16 heavy (non-hydrogen) atoms. The van der Waals surface area contributed by atoms with E-state index in [2.05, 4.69) is 43.5 Å². The van der Waals surface area contributed by atoms with Crippen molar-refractivity contribution in [1.82, 2.24) is 5.32 Å². The van der Waals surface area contributed by atoms with Gasteiger partial charge in [-0.15, -0.1) is 0 Å². The van der Waals surface area contributed by atoms with E-state index in [0.717, 1.165) is 25.9 Å². The molecule has 1 aliphatic heterocycles. The van der Waals surface area contributed by atoms with Crippen LogP contribution in [0.25, 0.3) is 0 Å². The molecule has 2 rings (SSSR count). The van der Waals surface area contributed by atoms with Crippen LogP contribution in [0.5, 0.6) is 0 Å². The molecule has 3 N–H and O–H groups in total. The second-order valence-corrected chi connectivity index (χ2v) is 4.93. The Morgan fingerprint density at radius 3 is 3.06 bits per heavy atom. The predicted molar refractivity (Wildman–Crippen MR) is 68.9 cm³/mol. The number of nitrogens with two attached hydrogens (primary N) is 1. The number of hydrogen-bond acceptors (Lipinski definition) is 2. The molecular formula is C14H22N2. The molecule has 0 aromatic heterocycles. The van der Waals surface area contributed by atoms with Gasteiger partial charge in [0.05, 0.1) is 0 Å². The molecule has 1 fully saturated rings. The van der Waals surface area contributed by atoms with Gasteiger partial charge in [0.25, 0.3) is 0 Å². The normalized spacial score (nSPS) is 32.6. The molecule has 0 spiro atoms. The van der Waals surface area contributed by atoms with Crippen LogP contribution in [-0.2, 0) is 0 Å². The van der Waals surface area contributed by atoms with E-state index in [1.807, 2.05) is 0 Å². The standard InChI is InChI=1S/C14H22N2/c1-3-14(7-8-15)10-16-13-6-4-5-11(2)9-12(13)14/h4-6,9,11,16H,3,7-8,10,15H2,1-2H3. The fraction of sp³-hybridized carbons (Fsp3) is 0.571. The summed E-state index contributed by atoms with van der Waals surface area (Å²) in [7, 11) is 0. The average Bonchev–Trinajstić information content (AvgIpc) is 2.48.